The maximum absolute atomic E-state index is 4.24. The first-order valence-electron chi connectivity index (χ1n) is 7.77. The summed E-state index contributed by atoms with van der Waals surface area (Å²) >= 11 is 0. The van der Waals surface area contributed by atoms with Gasteiger partial charge in [0.1, 0.15) is 0 Å². The lowest BCUT2D eigenvalue weighted by molar-refractivity contribution is 0.201. The fourth-order valence-corrected chi connectivity index (χ4v) is 3.02. The Balaban J connectivity index is 1.49. The molecule has 1 atom stereocenters. The Labute approximate surface area is 126 Å². The minimum atomic E-state index is 0.565. The van der Waals surface area contributed by atoms with Crippen molar-refractivity contribution in [2.75, 3.05) is 26.2 Å². The number of aromatic nitrogens is 2. The predicted octanol–water partition coefficient (Wildman–Crippen LogP) is 1.48. The minimum absolute atomic E-state index is 0.565. The highest BCUT2D eigenvalue weighted by Crippen LogP contribution is 2.08. The van der Waals surface area contributed by atoms with Crippen LogP contribution in [-0.2, 0) is 19.9 Å². The molecule has 1 aromatic carbocycles. The smallest absolute Gasteiger partial charge is 0.0522 e. The van der Waals surface area contributed by atoms with Crippen molar-refractivity contribution in [1.29, 1.82) is 0 Å². The van der Waals surface area contributed by atoms with E-state index in [9.17, 15) is 0 Å². The predicted molar refractivity (Wildman–Crippen MR) is 85.3 cm³/mol. The van der Waals surface area contributed by atoms with Gasteiger partial charge in [-0.05, 0) is 24.0 Å². The standard InChI is InChI=1S/C17H24N4/c1-20-13-16(12-19-20)7-9-21-10-8-18-17(14-21)11-15-5-3-2-4-6-15/h2-6,12-13,17-18H,7-11,14H2,1H3. The Hall–Kier alpha value is -1.65. The van der Waals surface area contributed by atoms with E-state index in [0.29, 0.717) is 6.04 Å². The average molecular weight is 284 g/mol. The SMILES string of the molecule is Cn1cc(CCN2CCNC(Cc3ccccc3)C2)cn1. The van der Waals surface area contributed by atoms with Gasteiger partial charge in [0, 0.05) is 45.5 Å². The van der Waals surface area contributed by atoms with Crippen LogP contribution >= 0.6 is 0 Å². The molecule has 21 heavy (non-hydrogen) atoms. The molecule has 4 heteroatoms. The lowest BCUT2D eigenvalue weighted by Gasteiger charge is -2.33. The van der Waals surface area contributed by atoms with Crippen molar-refractivity contribution in [3.05, 3.63) is 53.9 Å². The monoisotopic (exact) mass is 284 g/mol. The van der Waals surface area contributed by atoms with Crippen LogP contribution in [0.3, 0.4) is 0 Å². The zero-order valence-electron chi connectivity index (χ0n) is 12.7. The summed E-state index contributed by atoms with van der Waals surface area (Å²) in [5, 5.41) is 7.88. The first-order valence-corrected chi connectivity index (χ1v) is 7.77. The molecule has 0 spiro atoms. The third kappa shape index (κ3) is 4.16. The van der Waals surface area contributed by atoms with Crippen LogP contribution in [0.2, 0.25) is 0 Å². The highest BCUT2D eigenvalue weighted by atomic mass is 15.2. The van der Waals surface area contributed by atoms with Gasteiger partial charge in [-0.15, -0.1) is 0 Å². The molecule has 3 rings (SSSR count). The van der Waals surface area contributed by atoms with Crippen LogP contribution in [0, 0.1) is 0 Å². The molecule has 4 nitrogen and oxygen atoms in total. The molecule has 2 heterocycles. The lowest BCUT2D eigenvalue weighted by atomic mass is 10.0. The van der Waals surface area contributed by atoms with E-state index in [1.165, 1.54) is 11.1 Å². The van der Waals surface area contributed by atoms with Gasteiger partial charge in [0.25, 0.3) is 0 Å². The van der Waals surface area contributed by atoms with E-state index in [0.717, 1.165) is 39.0 Å². The molecule has 1 aromatic heterocycles. The summed E-state index contributed by atoms with van der Waals surface area (Å²) in [5.41, 5.74) is 2.75. The second-order valence-electron chi connectivity index (χ2n) is 5.91. The van der Waals surface area contributed by atoms with Crippen molar-refractivity contribution in [2.45, 2.75) is 18.9 Å². The van der Waals surface area contributed by atoms with Gasteiger partial charge in [0.05, 0.1) is 6.20 Å². The van der Waals surface area contributed by atoms with Crippen molar-refractivity contribution in [3.63, 3.8) is 0 Å². The molecular formula is C17H24N4. The quantitative estimate of drug-likeness (QED) is 0.903. The molecule has 1 aliphatic heterocycles. The molecular weight excluding hydrogens is 260 g/mol. The highest BCUT2D eigenvalue weighted by Gasteiger charge is 2.19. The normalized spacial score (nSPS) is 19.8. The van der Waals surface area contributed by atoms with Gasteiger partial charge in [-0.2, -0.15) is 5.10 Å². The number of nitrogens with zero attached hydrogens (tertiary/aromatic N) is 3. The molecule has 0 bridgehead atoms. The van der Waals surface area contributed by atoms with Gasteiger partial charge in [-0.3, -0.25) is 4.68 Å². The van der Waals surface area contributed by atoms with Gasteiger partial charge in [0.15, 0.2) is 0 Å². The first kappa shape index (κ1) is 14.3. The number of hydrogen-bond acceptors (Lipinski definition) is 3. The zero-order valence-corrected chi connectivity index (χ0v) is 12.7. The number of hydrogen-bond donors (Lipinski definition) is 1. The Morgan fingerprint density at radius 1 is 1.24 bits per heavy atom. The summed E-state index contributed by atoms with van der Waals surface area (Å²) in [4.78, 5) is 2.57. The summed E-state index contributed by atoms with van der Waals surface area (Å²) in [6.45, 7) is 4.49. The molecule has 0 aliphatic carbocycles. The van der Waals surface area contributed by atoms with Crippen molar-refractivity contribution in [1.82, 2.24) is 20.0 Å². The number of benzene rings is 1. The molecule has 0 radical (unpaired) electrons. The van der Waals surface area contributed by atoms with E-state index < -0.39 is 0 Å². The molecule has 0 amide bonds. The second-order valence-corrected chi connectivity index (χ2v) is 5.91. The summed E-state index contributed by atoms with van der Waals surface area (Å²) < 4.78 is 1.88. The second kappa shape index (κ2) is 6.87. The van der Waals surface area contributed by atoms with E-state index in [1.807, 2.05) is 17.9 Å². The maximum Gasteiger partial charge on any atom is 0.0522 e. The summed E-state index contributed by atoms with van der Waals surface area (Å²) in [6.07, 6.45) is 6.30. The molecule has 1 N–H and O–H groups in total. The van der Waals surface area contributed by atoms with Gasteiger partial charge < -0.3 is 10.2 Å². The largest absolute Gasteiger partial charge is 0.311 e. The van der Waals surface area contributed by atoms with Crippen LogP contribution in [0.4, 0.5) is 0 Å². The van der Waals surface area contributed by atoms with Crippen LogP contribution in [0.15, 0.2) is 42.7 Å². The number of rotatable bonds is 5. The third-order valence-corrected chi connectivity index (χ3v) is 4.14. The van der Waals surface area contributed by atoms with Gasteiger partial charge in [0.2, 0.25) is 0 Å². The Morgan fingerprint density at radius 2 is 2.10 bits per heavy atom. The molecule has 2 aromatic rings. The average Bonchev–Trinajstić information content (AvgIpc) is 2.92. The Morgan fingerprint density at radius 3 is 2.86 bits per heavy atom. The van der Waals surface area contributed by atoms with Crippen LogP contribution < -0.4 is 5.32 Å². The lowest BCUT2D eigenvalue weighted by Crippen LogP contribution is -2.51. The summed E-state index contributed by atoms with van der Waals surface area (Å²) in [5.74, 6) is 0. The fraction of sp³-hybridized carbons (Fsp3) is 0.471. The van der Waals surface area contributed by atoms with Crippen molar-refractivity contribution in [3.8, 4) is 0 Å². The summed E-state index contributed by atoms with van der Waals surface area (Å²) in [6, 6.07) is 11.3. The Bertz CT molecular complexity index is 549. The number of nitrogens with one attached hydrogen (secondary N) is 1. The van der Waals surface area contributed by atoms with E-state index in [1.54, 1.807) is 0 Å². The number of aryl methyl sites for hydroxylation is 1. The van der Waals surface area contributed by atoms with Crippen LogP contribution in [0.1, 0.15) is 11.1 Å². The van der Waals surface area contributed by atoms with Crippen molar-refractivity contribution in [2.24, 2.45) is 7.05 Å². The van der Waals surface area contributed by atoms with E-state index in [4.69, 9.17) is 0 Å². The van der Waals surface area contributed by atoms with Crippen molar-refractivity contribution < 1.29 is 0 Å². The molecule has 1 fully saturated rings. The Kier molecular flexibility index (Phi) is 4.68. The highest BCUT2D eigenvalue weighted by molar-refractivity contribution is 5.16. The van der Waals surface area contributed by atoms with Gasteiger partial charge >= 0.3 is 0 Å². The summed E-state index contributed by atoms with van der Waals surface area (Å²) in [7, 11) is 1.98. The molecule has 1 aliphatic rings. The number of piperazine rings is 1. The van der Waals surface area contributed by atoms with Crippen LogP contribution in [-0.4, -0.2) is 46.9 Å². The molecule has 1 unspecified atom stereocenters. The van der Waals surface area contributed by atoms with Crippen molar-refractivity contribution >= 4 is 0 Å². The zero-order chi connectivity index (χ0) is 14.5. The molecule has 1 saturated heterocycles. The van der Waals surface area contributed by atoms with Crippen LogP contribution in [0.25, 0.3) is 0 Å². The fourth-order valence-electron chi connectivity index (χ4n) is 3.02. The molecule has 0 saturated carbocycles. The first-order chi connectivity index (χ1) is 10.3. The van der Waals surface area contributed by atoms with E-state index in [-0.39, 0.29) is 0 Å². The van der Waals surface area contributed by atoms with E-state index >= 15 is 0 Å². The van der Waals surface area contributed by atoms with Gasteiger partial charge in [-0.25, -0.2) is 0 Å². The van der Waals surface area contributed by atoms with E-state index in [2.05, 4.69) is 51.8 Å². The van der Waals surface area contributed by atoms with Gasteiger partial charge in [-0.1, -0.05) is 30.3 Å². The van der Waals surface area contributed by atoms with Crippen LogP contribution in [0.5, 0.6) is 0 Å². The topological polar surface area (TPSA) is 33.1 Å². The minimum Gasteiger partial charge on any atom is -0.311 e. The maximum atomic E-state index is 4.24. The molecule has 112 valence electrons. The third-order valence-electron chi connectivity index (χ3n) is 4.14.